The lowest BCUT2D eigenvalue weighted by Crippen LogP contribution is -2.48. The second kappa shape index (κ2) is 10.3. The van der Waals surface area contributed by atoms with E-state index in [0.29, 0.717) is 58.0 Å². The van der Waals surface area contributed by atoms with Crippen molar-refractivity contribution in [3.63, 3.8) is 0 Å². The minimum absolute atomic E-state index is 0.0637. The van der Waals surface area contributed by atoms with Gasteiger partial charge in [-0.3, -0.25) is 19.1 Å². The second-order valence-electron chi connectivity index (χ2n) is 9.63. The molecule has 0 bridgehead atoms. The van der Waals surface area contributed by atoms with Crippen molar-refractivity contribution in [3.05, 3.63) is 62.0 Å². The number of rotatable bonds is 4. The fourth-order valence-electron chi connectivity index (χ4n) is 5.55. The van der Waals surface area contributed by atoms with Crippen LogP contribution in [0.15, 0.2) is 34.0 Å². The molecule has 1 aliphatic carbocycles. The van der Waals surface area contributed by atoms with E-state index in [4.69, 9.17) is 12.2 Å². The number of benzene rings is 1. The van der Waals surface area contributed by atoms with Crippen molar-refractivity contribution in [3.8, 4) is 6.07 Å². The van der Waals surface area contributed by atoms with E-state index in [2.05, 4.69) is 4.90 Å². The Bertz CT molecular complexity index is 1400. The van der Waals surface area contributed by atoms with E-state index in [1.165, 1.54) is 22.4 Å². The maximum Gasteiger partial charge on any atom is 0.270 e. The molecule has 1 saturated carbocycles. The normalized spacial score (nSPS) is 19.8. The number of piperazine rings is 1. The lowest BCUT2D eigenvalue weighted by atomic mass is 10.0. The maximum absolute atomic E-state index is 14.4. The summed E-state index contributed by atoms with van der Waals surface area (Å²) in [4.78, 5) is 32.8. The highest BCUT2D eigenvalue weighted by Gasteiger charge is 2.38. The Morgan fingerprint density at radius 1 is 1.11 bits per heavy atom. The number of amides is 1. The van der Waals surface area contributed by atoms with E-state index in [9.17, 15) is 19.2 Å². The Morgan fingerprint density at radius 2 is 1.76 bits per heavy atom. The van der Waals surface area contributed by atoms with Crippen LogP contribution in [0.4, 0.5) is 15.9 Å². The molecular weight excluding hydrogens is 509 g/mol. The number of thiocarbonyl (C=S) groups is 1. The van der Waals surface area contributed by atoms with Crippen LogP contribution in [0.3, 0.4) is 0 Å². The number of carbonyl (C=O) groups is 1. The van der Waals surface area contributed by atoms with Crippen LogP contribution in [0.2, 0.25) is 0 Å². The first-order chi connectivity index (χ1) is 17.8. The van der Waals surface area contributed by atoms with Crippen molar-refractivity contribution < 1.29 is 9.18 Å². The molecule has 7 nitrogen and oxygen atoms in total. The Morgan fingerprint density at radius 3 is 2.41 bits per heavy atom. The third-order valence-electron chi connectivity index (χ3n) is 7.53. The third kappa shape index (κ3) is 4.55. The summed E-state index contributed by atoms with van der Waals surface area (Å²) in [5.41, 5.74) is 1.46. The number of aromatic nitrogens is 1. The monoisotopic (exact) mass is 537 g/mol. The average Bonchev–Trinajstić information content (AvgIpc) is 3.51. The molecule has 192 valence electrons. The fourth-order valence-corrected chi connectivity index (χ4v) is 6.93. The zero-order chi connectivity index (χ0) is 26.3. The van der Waals surface area contributed by atoms with Crippen LogP contribution in [0, 0.1) is 24.1 Å². The van der Waals surface area contributed by atoms with Gasteiger partial charge in [0.2, 0.25) is 0 Å². The van der Waals surface area contributed by atoms with Crippen LogP contribution in [-0.4, -0.2) is 51.9 Å². The first-order valence-electron chi connectivity index (χ1n) is 12.5. The van der Waals surface area contributed by atoms with E-state index in [1.54, 1.807) is 37.1 Å². The largest absolute Gasteiger partial charge is 0.366 e. The number of thioether (sulfide) groups is 1. The van der Waals surface area contributed by atoms with E-state index >= 15 is 0 Å². The third-order valence-corrected chi connectivity index (χ3v) is 8.86. The molecule has 3 fully saturated rings. The van der Waals surface area contributed by atoms with Gasteiger partial charge in [0.05, 0.1) is 10.6 Å². The first-order valence-corrected chi connectivity index (χ1v) is 13.7. The van der Waals surface area contributed by atoms with Crippen LogP contribution in [0.25, 0.3) is 6.08 Å². The smallest absolute Gasteiger partial charge is 0.270 e. The van der Waals surface area contributed by atoms with E-state index < -0.39 is 0 Å². The average molecular weight is 538 g/mol. The summed E-state index contributed by atoms with van der Waals surface area (Å²) in [6.45, 7) is 3.99. The van der Waals surface area contributed by atoms with E-state index in [1.807, 2.05) is 17.0 Å². The van der Waals surface area contributed by atoms with Crippen molar-refractivity contribution >= 4 is 51.8 Å². The second-order valence-corrected chi connectivity index (χ2v) is 11.3. The minimum atomic E-state index is -0.373. The molecule has 2 saturated heterocycles. The van der Waals surface area contributed by atoms with E-state index in [0.717, 1.165) is 25.7 Å². The van der Waals surface area contributed by atoms with E-state index in [-0.39, 0.29) is 28.9 Å². The van der Waals surface area contributed by atoms with Gasteiger partial charge in [-0.1, -0.05) is 49.0 Å². The molecule has 5 rings (SSSR count). The molecule has 1 aromatic carbocycles. The van der Waals surface area contributed by atoms with Crippen molar-refractivity contribution in [1.82, 2.24) is 9.47 Å². The molecule has 3 heterocycles. The number of pyridine rings is 1. The molecule has 37 heavy (non-hydrogen) atoms. The summed E-state index contributed by atoms with van der Waals surface area (Å²) in [5, 5.41) is 9.74. The summed E-state index contributed by atoms with van der Waals surface area (Å²) >= 11 is 6.86. The number of halogens is 1. The topological polar surface area (TPSA) is 72.6 Å². The highest BCUT2D eigenvalue weighted by molar-refractivity contribution is 8.26. The summed E-state index contributed by atoms with van der Waals surface area (Å²) in [5.74, 6) is 0.285. The number of hydrogen-bond donors (Lipinski definition) is 0. The SMILES string of the molecule is Cc1c(C=C2SC(=S)N(C3CCCC3)C2=O)c(N2CCN(c3ccccc3F)CC2)n(C)c(=O)c1C#N. The Kier molecular flexibility index (Phi) is 7.10. The molecule has 10 heteroatoms. The summed E-state index contributed by atoms with van der Waals surface area (Å²) in [7, 11) is 1.66. The van der Waals surface area contributed by atoms with Gasteiger partial charge in [0.15, 0.2) is 0 Å². The molecule has 0 radical (unpaired) electrons. The molecule has 0 atom stereocenters. The molecular formula is C27H28FN5O2S2. The number of para-hydroxylation sites is 1. The predicted octanol–water partition coefficient (Wildman–Crippen LogP) is 4.17. The van der Waals surface area contributed by atoms with Gasteiger partial charge in [0, 0.05) is 44.8 Å². The van der Waals surface area contributed by atoms with Crippen molar-refractivity contribution in [2.75, 3.05) is 36.0 Å². The first kappa shape index (κ1) is 25.5. The Labute approximate surface area is 225 Å². The fraction of sp³-hybridized carbons (Fsp3) is 0.407. The molecule has 0 spiro atoms. The standard InChI is InChI=1S/C27H28FN5O2S2/c1-17-19(15-23-26(35)33(27(36)37-23)18-7-3-4-8-18)24(30(2)25(34)20(17)16-29)32-13-11-31(12-14-32)22-10-6-5-9-21(22)28/h5-6,9-10,15,18H,3-4,7-8,11-14H2,1-2H3. The molecule has 2 aliphatic heterocycles. The summed E-state index contributed by atoms with van der Waals surface area (Å²) in [6.07, 6.45) is 5.89. The van der Waals surface area contributed by atoms with Crippen molar-refractivity contribution in [2.24, 2.45) is 7.05 Å². The predicted molar refractivity (Wildman–Crippen MR) is 149 cm³/mol. The zero-order valence-corrected chi connectivity index (χ0v) is 22.5. The van der Waals surface area contributed by atoms with Gasteiger partial charge < -0.3 is 9.80 Å². The Hall–Kier alpha value is -3.16. The molecule has 1 aromatic heterocycles. The summed E-state index contributed by atoms with van der Waals surface area (Å²) in [6, 6.07) is 8.90. The maximum atomic E-state index is 14.4. The van der Waals surface area contributed by atoms with Crippen LogP contribution >= 0.6 is 24.0 Å². The van der Waals surface area contributed by atoms with Gasteiger partial charge in [-0.05, 0) is 43.5 Å². The quantitative estimate of drug-likeness (QED) is 0.428. The number of nitrogens with zero attached hydrogens (tertiary/aromatic N) is 5. The van der Waals surface area contributed by atoms with Gasteiger partial charge in [0.25, 0.3) is 11.5 Å². The molecule has 1 amide bonds. The van der Waals surface area contributed by atoms with Crippen molar-refractivity contribution in [1.29, 1.82) is 5.26 Å². The van der Waals surface area contributed by atoms with Crippen LogP contribution in [-0.2, 0) is 11.8 Å². The Balaban J connectivity index is 1.51. The zero-order valence-electron chi connectivity index (χ0n) is 20.9. The van der Waals surface area contributed by atoms with Crippen molar-refractivity contribution in [2.45, 2.75) is 38.6 Å². The van der Waals surface area contributed by atoms with Crippen LogP contribution < -0.4 is 15.4 Å². The number of anilines is 2. The number of carbonyl (C=O) groups excluding carboxylic acids is 1. The van der Waals surface area contributed by atoms with Gasteiger partial charge in [-0.2, -0.15) is 5.26 Å². The molecule has 0 N–H and O–H groups in total. The number of nitriles is 1. The summed E-state index contributed by atoms with van der Waals surface area (Å²) < 4.78 is 16.4. The molecule has 3 aliphatic rings. The van der Waals surface area contributed by atoms with Crippen LogP contribution in [0.5, 0.6) is 0 Å². The molecule has 0 unspecified atom stereocenters. The lowest BCUT2D eigenvalue weighted by Gasteiger charge is -2.38. The van der Waals surface area contributed by atoms with Gasteiger partial charge in [-0.25, -0.2) is 4.39 Å². The van der Waals surface area contributed by atoms with Crippen LogP contribution in [0.1, 0.15) is 42.4 Å². The molecule has 2 aromatic rings. The van der Waals surface area contributed by atoms with Gasteiger partial charge in [-0.15, -0.1) is 0 Å². The highest BCUT2D eigenvalue weighted by atomic mass is 32.2. The lowest BCUT2D eigenvalue weighted by molar-refractivity contribution is -0.123. The minimum Gasteiger partial charge on any atom is -0.366 e. The number of hydrogen-bond acceptors (Lipinski definition) is 7. The van der Waals surface area contributed by atoms with Gasteiger partial charge >= 0.3 is 0 Å². The van der Waals surface area contributed by atoms with Gasteiger partial charge in [0.1, 0.15) is 27.6 Å². The highest BCUT2D eigenvalue weighted by Crippen LogP contribution is 2.39.